The van der Waals surface area contributed by atoms with Crippen molar-refractivity contribution in [1.82, 2.24) is 10.6 Å². The molecule has 4 nitrogen and oxygen atoms in total. The molecule has 0 spiro atoms. The quantitative estimate of drug-likeness (QED) is 0.646. The molecule has 0 aliphatic heterocycles. The van der Waals surface area contributed by atoms with E-state index in [0.717, 1.165) is 13.0 Å². The zero-order valence-electron chi connectivity index (χ0n) is 8.02. The topological polar surface area (TPSA) is 50.4 Å². The van der Waals surface area contributed by atoms with Crippen molar-refractivity contribution in [2.75, 3.05) is 20.2 Å². The van der Waals surface area contributed by atoms with E-state index in [1.807, 2.05) is 14.0 Å². The van der Waals surface area contributed by atoms with Gasteiger partial charge < -0.3 is 15.4 Å². The van der Waals surface area contributed by atoms with Gasteiger partial charge in [0.1, 0.15) is 0 Å². The van der Waals surface area contributed by atoms with Gasteiger partial charge in [0.25, 0.3) is 0 Å². The minimum absolute atomic E-state index is 0.163. The van der Waals surface area contributed by atoms with Gasteiger partial charge in [0.15, 0.2) is 0 Å². The molecule has 72 valence electrons. The molecule has 0 aromatic heterocycles. The summed E-state index contributed by atoms with van der Waals surface area (Å²) in [5.74, 6) is 0. The van der Waals surface area contributed by atoms with Gasteiger partial charge in [-0.05, 0) is 33.9 Å². The standard InChI is InChI=1S/C8H18N2O2/c1-4-12-8(11)10-7(2)5-6-9-3/h7,9H,4-6H2,1-3H3,(H,10,11). The van der Waals surface area contributed by atoms with Gasteiger partial charge in [0.2, 0.25) is 0 Å². The highest BCUT2D eigenvalue weighted by Crippen LogP contribution is 1.89. The molecule has 0 saturated carbocycles. The van der Waals surface area contributed by atoms with E-state index in [4.69, 9.17) is 4.74 Å². The lowest BCUT2D eigenvalue weighted by Crippen LogP contribution is -2.34. The summed E-state index contributed by atoms with van der Waals surface area (Å²) in [6.07, 6.45) is 0.580. The van der Waals surface area contributed by atoms with Gasteiger partial charge in [-0.3, -0.25) is 0 Å². The molecule has 0 saturated heterocycles. The summed E-state index contributed by atoms with van der Waals surface area (Å²) in [4.78, 5) is 10.9. The van der Waals surface area contributed by atoms with Crippen LogP contribution in [0.1, 0.15) is 20.3 Å². The van der Waals surface area contributed by atoms with Crippen molar-refractivity contribution in [3.05, 3.63) is 0 Å². The molecule has 12 heavy (non-hydrogen) atoms. The van der Waals surface area contributed by atoms with E-state index in [-0.39, 0.29) is 12.1 Å². The highest BCUT2D eigenvalue weighted by molar-refractivity contribution is 5.67. The average Bonchev–Trinajstić information content (AvgIpc) is 2.01. The minimum atomic E-state index is -0.332. The van der Waals surface area contributed by atoms with E-state index >= 15 is 0 Å². The lowest BCUT2D eigenvalue weighted by Gasteiger charge is -2.12. The Hall–Kier alpha value is -0.770. The molecule has 0 heterocycles. The van der Waals surface area contributed by atoms with Crippen molar-refractivity contribution in [1.29, 1.82) is 0 Å². The fourth-order valence-corrected chi connectivity index (χ4v) is 0.807. The van der Waals surface area contributed by atoms with Crippen molar-refractivity contribution in [2.45, 2.75) is 26.3 Å². The molecular formula is C8H18N2O2. The lowest BCUT2D eigenvalue weighted by molar-refractivity contribution is 0.148. The number of carbonyl (C=O) groups is 1. The van der Waals surface area contributed by atoms with Gasteiger partial charge in [-0.15, -0.1) is 0 Å². The van der Waals surface area contributed by atoms with E-state index in [1.165, 1.54) is 0 Å². The highest BCUT2D eigenvalue weighted by Gasteiger charge is 2.05. The Kier molecular flexibility index (Phi) is 6.47. The second-order valence-corrected chi connectivity index (χ2v) is 2.66. The monoisotopic (exact) mass is 174 g/mol. The number of nitrogens with one attached hydrogen (secondary N) is 2. The Bertz CT molecular complexity index is 128. The molecular weight excluding hydrogens is 156 g/mol. The minimum Gasteiger partial charge on any atom is -0.450 e. The zero-order valence-corrected chi connectivity index (χ0v) is 8.02. The fourth-order valence-electron chi connectivity index (χ4n) is 0.807. The summed E-state index contributed by atoms with van der Waals surface area (Å²) < 4.78 is 4.72. The van der Waals surface area contributed by atoms with Crippen molar-refractivity contribution in [3.63, 3.8) is 0 Å². The van der Waals surface area contributed by atoms with Crippen molar-refractivity contribution < 1.29 is 9.53 Å². The predicted octanol–water partition coefficient (Wildman–Crippen LogP) is 0.730. The summed E-state index contributed by atoms with van der Waals surface area (Å²) in [7, 11) is 1.89. The molecule has 1 amide bonds. The molecule has 1 atom stereocenters. The molecule has 4 heteroatoms. The van der Waals surface area contributed by atoms with Crippen LogP contribution in [0.2, 0.25) is 0 Å². The van der Waals surface area contributed by atoms with Gasteiger partial charge in [-0.1, -0.05) is 0 Å². The van der Waals surface area contributed by atoms with Crippen LogP contribution in [0.3, 0.4) is 0 Å². The van der Waals surface area contributed by atoms with Crippen LogP contribution in [-0.2, 0) is 4.74 Å². The Morgan fingerprint density at radius 2 is 2.25 bits per heavy atom. The fraction of sp³-hybridized carbons (Fsp3) is 0.875. The number of carbonyl (C=O) groups excluding carboxylic acids is 1. The third-order valence-electron chi connectivity index (χ3n) is 1.47. The third-order valence-corrected chi connectivity index (χ3v) is 1.47. The molecule has 0 fully saturated rings. The van der Waals surface area contributed by atoms with Crippen molar-refractivity contribution in [2.24, 2.45) is 0 Å². The first kappa shape index (κ1) is 11.2. The first-order chi connectivity index (χ1) is 5.70. The molecule has 2 N–H and O–H groups in total. The molecule has 1 unspecified atom stereocenters. The van der Waals surface area contributed by atoms with Crippen LogP contribution in [0.25, 0.3) is 0 Å². The number of ether oxygens (including phenoxy) is 1. The van der Waals surface area contributed by atoms with Gasteiger partial charge in [-0.25, -0.2) is 4.79 Å². The number of rotatable bonds is 5. The maximum absolute atomic E-state index is 10.9. The summed E-state index contributed by atoms with van der Waals surface area (Å²) in [5, 5.41) is 5.73. The van der Waals surface area contributed by atoms with Gasteiger partial charge in [-0.2, -0.15) is 0 Å². The van der Waals surface area contributed by atoms with E-state index in [1.54, 1.807) is 6.92 Å². The van der Waals surface area contributed by atoms with Crippen LogP contribution in [0.15, 0.2) is 0 Å². The summed E-state index contributed by atoms with van der Waals surface area (Å²) in [5.41, 5.74) is 0. The maximum Gasteiger partial charge on any atom is 0.407 e. The molecule has 0 bridgehead atoms. The number of hydrogen-bond donors (Lipinski definition) is 2. The van der Waals surface area contributed by atoms with Gasteiger partial charge >= 0.3 is 6.09 Å². The average molecular weight is 174 g/mol. The number of hydrogen-bond acceptors (Lipinski definition) is 3. The molecule has 0 aliphatic rings. The van der Waals surface area contributed by atoms with Crippen molar-refractivity contribution >= 4 is 6.09 Å². The molecule has 0 radical (unpaired) electrons. The molecule has 0 aromatic carbocycles. The Morgan fingerprint density at radius 1 is 1.58 bits per heavy atom. The van der Waals surface area contributed by atoms with Crippen LogP contribution < -0.4 is 10.6 Å². The van der Waals surface area contributed by atoms with E-state index in [9.17, 15) is 4.79 Å². The molecule has 0 aliphatic carbocycles. The van der Waals surface area contributed by atoms with Crippen molar-refractivity contribution in [3.8, 4) is 0 Å². The Balaban J connectivity index is 3.40. The van der Waals surface area contributed by atoms with Crippen LogP contribution in [0.4, 0.5) is 4.79 Å². The van der Waals surface area contributed by atoms with Crippen LogP contribution in [0.5, 0.6) is 0 Å². The normalized spacial score (nSPS) is 12.2. The maximum atomic E-state index is 10.9. The van der Waals surface area contributed by atoms with Gasteiger partial charge in [0, 0.05) is 6.04 Å². The van der Waals surface area contributed by atoms with E-state index < -0.39 is 0 Å². The molecule has 0 aromatic rings. The lowest BCUT2D eigenvalue weighted by atomic mass is 10.2. The largest absolute Gasteiger partial charge is 0.450 e. The van der Waals surface area contributed by atoms with Gasteiger partial charge in [0.05, 0.1) is 6.61 Å². The van der Waals surface area contributed by atoms with Crippen LogP contribution in [-0.4, -0.2) is 32.3 Å². The third kappa shape index (κ3) is 5.97. The predicted molar refractivity (Wildman–Crippen MR) is 48.2 cm³/mol. The summed E-state index contributed by atoms with van der Waals surface area (Å²) in [6.45, 7) is 5.06. The first-order valence-electron chi connectivity index (χ1n) is 4.28. The zero-order chi connectivity index (χ0) is 9.40. The highest BCUT2D eigenvalue weighted by atomic mass is 16.5. The first-order valence-corrected chi connectivity index (χ1v) is 4.28. The molecule has 0 rings (SSSR count). The smallest absolute Gasteiger partial charge is 0.407 e. The SMILES string of the molecule is CCOC(=O)NC(C)CCNC. The summed E-state index contributed by atoms with van der Waals surface area (Å²) >= 11 is 0. The van der Waals surface area contributed by atoms with Crippen LogP contribution >= 0.6 is 0 Å². The van der Waals surface area contributed by atoms with E-state index in [2.05, 4.69) is 10.6 Å². The number of amides is 1. The second kappa shape index (κ2) is 6.91. The second-order valence-electron chi connectivity index (χ2n) is 2.66. The van der Waals surface area contributed by atoms with E-state index in [0.29, 0.717) is 6.61 Å². The Labute approximate surface area is 73.7 Å². The number of alkyl carbamates (subject to hydrolysis) is 1. The Morgan fingerprint density at radius 3 is 2.75 bits per heavy atom. The van der Waals surface area contributed by atoms with Crippen LogP contribution in [0, 0.1) is 0 Å². The summed E-state index contributed by atoms with van der Waals surface area (Å²) in [6, 6.07) is 0.163.